The predicted molar refractivity (Wildman–Crippen MR) is 118 cm³/mol. The molecule has 0 bridgehead atoms. The zero-order chi connectivity index (χ0) is 25.9. The zero-order valence-corrected chi connectivity index (χ0v) is 19.1. The maximum absolute atomic E-state index is 13.0. The highest BCUT2D eigenvalue weighted by molar-refractivity contribution is 7.92. The number of benzene rings is 1. The van der Waals surface area contributed by atoms with Crippen LogP contribution in [0, 0.1) is 5.41 Å². The van der Waals surface area contributed by atoms with Gasteiger partial charge in [0.2, 0.25) is 11.8 Å². The molecule has 9 nitrogen and oxygen atoms in total. The summed E-state index contributed by atoms with van der Waals surface area (Å²) in [4.78, 5) is 39.6. The SMILES string of the molecule is O=C(O)C(F)(F)F.O=C1CC2(CCCCC2)C(=O)N1c1ccc(S(=O)(=O)Nc2ccccn2)cc1. The molecule has 2 aliphatic rings. The molecule has 1 aromatic heterocycles. The number of sulfonamides is 1. The van der Waals surface area contributed by atoms with Crippen LogP contribution in [-0.4, -0.2) is 42.5 Å². The van der Waals surface area contributed by atoms with Gasteiger partial charge in [0.05, 0.1) is 16.0 Å². The number of carbonyl (C=O) groups excluding carboxylic acids is 2. The third kappa shape index (κ3) is 5.96. The van der Waals surface area contributed by atoms with Crippen molar-refractivity contribution in [3.05, 3.63) is 48.7 Å². The van der Waals surface area contributed by atoms with Gasteiger partial charge in [-0.15, -0.1) is 0 Å². The lowest BCUT2D eigenvalue weighted by Crippen LogP contribution is -2.36. The lowest BCUT2D eigenvalue weighted by atomic mass is 9.73. The minimum atomic E-state index is -5.08. The molecule has 2 fully saturated rings. The third-order valence-electron chi connectivity index (χ3n) is 5.76. The van der Waals surface area contributed by atoms with Crippen molar-refractivity contribution < 1.29 is 41.1 Å². The first-order valence-corrected chi connectivity index (χ1v) is 12.1. The second-order valence-electron chi connectivity index (χ2n) is 8.17. The summed E-state index contributed by atoms with van der Waals surface area (Å²) in [5, 5.41) is 7.12. The average molecular weight is 513 g/mol. The number of pyridine rings is 1. The Kier molecular flexibility index (Phi) is 7.48. The van der Waals surface area contributed by atoms with Crippen LogP contribution in [0.5, 0.6) is 0 Å². The molecule has 4 rings (SSSR count). The third-order valence-corrected chi connectivity index (χ3v) is 7.13. The van der Waals surface area contributed by atoms with E-state index >= 15 is 0 Å². The van der Waals surface area contributed by atoms with Crippen LogP contribution in [0.3, 0.4) is 0 Å². The normalized spacial score (nSPS) is 17.6. The van der Waals surface area contributed by atoms with Crippen molar-refractivity contribution in [3.63, 3.8) is 0 Å². The van der Waals surface area contributed by atoms with Gasteiger partial charge in [0.25, 0.3) is 10.0 Å². The number of imide groups is 1. The molecule has 0 atom stereocenters. The number of aromatic nitrogens is 1. The highest BCUT2D eigenvalue weighted by Gasteiger charge is 2.52. The lowest BCUT2D eigenvalue weighted by molar-refractivity contribution is -0.192. The lowest BCUT2D eigenvalue weighted by Gasteiger charge is -2.30. The van der Waals surface area contributed by atoms with E-state index in [4.69, 9.17) is 9.90 Å². The van der Waals surface area contributed by atoms with Gasteiger partial charge in [0, 0.05) is 12.6 Å². The second-order valence-corrected chi connectivity index (χ2v) is 9.85. The minimum absolute atomic E-state index is 0.0355. The van der Waals surface area contributed by atoms with E-state index in [0.29, 0.717) is 5.69 Å². The molecule has 1 spiro atoms. The van der Waals surface area contributed by atoms with E-state index in [1.165, 1.54) is 35.4 Å². The molecule has 2 heterocycles. The van der Waals surface area contributed by atoms with Crippen LogP contribution < -0.4 is 9.62 Å². The van der Waals surface area contributed by atoms with E-state index in [2.05, 4.69) is 9.71 Å². The summed E-state index contributed by atoms with van der Waals surface area (Å²) in [7, 11) is -3.81. The number of nitrogens with zero attached hydrogens (tertiary/aromatic N) is 2. The molecule has 1 aromatic carbocycles. The molecule has 1 saturated heterocycles. The number of carbonyl (C=O) groups is 3. The highest BCUT2D eigenvalue weighted by Crippen LogP contribution is 2.46. The quantitative estimate of drug-likeness (QED) is 0.595. The van der Waals surface area contributed by atoms with Crippen molar-refractivity contribution in [2.75, 3.05) is 9.62 Å². The maximum Gasteiger partial charge on any atom is 0.490 e. The number of carboxylic acid groups (broad SMARTS) is 1. The Morgan fingerprint density at radius 3 is 2.14 bits per heavy atom. The number of hydrogen-bond acceptors (Lipinski definition) is 6. The summed E-state index contributed by atoms with van der Waals surface area (Å²) in [6, 6.07) is 10.7. The van der Waals surface area contributed by atoms with Crippen LogP contribution in [0.2, 0.25) is 0 Å². The zero-order valence-electron chi connectivity index (χ0n) is 18.3. The Hall–Kier alpha value is -3.48. The molecule has 0 radical (unpaired) electrons. The molecule has 2 aromatic rings. The molecule has 2 amide bonds. The smallest absolute Gasteiger partial charge is 0.475 e. The number of amides is 2. The van der Waals surface area contributed by atoms with Crippen LogP contribution in [0.15, 0.2) is 53.6 Å². The van der Waals surface area contributed by atoms with Crippen LogP contribution >= 0.6 is 0 Å². The summed E-state index contributed by atoms with van der Waals surface area (Å²) < 4.78 is 59.2. The predicted octanol–water partition coefficient (Wildman–Crippen LogP) is 3.73. The molecule has 1 aliphatic heterocycles. The molecule has 1 saturated carbocycles. The van der Waals surface area contributed by atoms with Crippen molar-refractivity contribution in [1.82, 2.24) is 4.98 Å². The van der Waals surface area contributed by atoms with Gasteiger partial charge in [-0.2, -0.15) is 13.2 Å². The fourth-order valence-electron chi connectivity index (χ4n) is 4.07. The van der Waals surface area contributed by atoms with E-state index in [-0.39, 0.29) is 28.9 Å². The summed E-state index contributed by atoms with van der Waals surface area (Å²) in [5.41, 5.74) is -0.158. The molecule has 188 valence electrons. The Morgan fingerprint density at radius 2 is 1.63 bits per heavy atom. The number of halogens is 3. The van der Waals surface area contributed by atoms with E-state index in [1.54, 1.807) is 18.2 Å². The van der Waals surface area contributed by atoms with Gasteiger partial charge in [-0.1, -0.05) is 25.3 Å². The number of carboxylic acids is 1. The summed E-state index contributed by atoms with van der Waals surface area (Å²) in [6.07, 6.45) is 1.16. The van der Waals surface area contributed by atoms with Crippen LogP contribution in [0.25, 0.3) is 0 Å². The summed E-state index contributed by atoms with van der Waals surface area (Å²) >= 11 is 0. The Labute approximate surface area is 199 Å². The van der Waals surface area contributed by atoms with Gasteiger partial charge < -0.3 is 5.11 Å². The monoisotopic (exact) mass is 513 g/mol. The highest BCUT2D eigenvalue weighted by atomic mass is 32.2. The number of nitrogens with one attached hydrogen (secondary N) is 1. The van der Waals surface area contributed by atoms with Gasteiger partial charge in [-0.25, -0.2) is 18.2 Å². The minimum Gasteiger partial charge on any atom is -0.475 e. The van der Waals surface area contributed by atoms with Gasteiger partial charge >= 0.3 is 12.1 Å². The molecular formula is C22H22F3N3O6S. The molecule has 0 unspecified atom stereocenters. The Bertz CT molecular complexity index is 1200. The first-order chi connectivity index (χ1) is 16.4. The fourth-order valence-corrected chi connectivity index (χ4v) is 5.08. The molecule has 1 aliphatic carbocycles. The van der Waals surface area contributed by atoms with Crippen molar-refractivity contribution in [1.29, 1.82) is 0 Å². The van der Waals surface area contributed by atoms with Crippen LogP contribution in [0.1, 0.15) is 38.5 Å². The van der Waals surface area contributed by atoms with Crippen molar-refractivity contribution in [3.8, 4) is 0 Å². The summed E-state index contributed by atoms with van der Waals surface area (Å²) in [6.45, 7) is 0. The van der Waals surface area contributed by atoms with E-state index < -0.39 is 27.6 Å². The van der Waals surface area contributed by atoms with Crippen molar-refractivity contribution >= 4 is 39.3 Å². The number of hydrogen-bond donors (Lipinski definition) is 2. The topological polar surface area (TPSA) is 134 Å². The first-order valence-electron chi connectivity index (χ1n) is 10.6. The van der Waals surface area contributed by atoms with Gasteiger partial charge in [0.1, 0.15) is 5.82 Å². The first kappa shape index (κ1) is 26.1. The van der Waals surface area contributed by atoms with Crippen LogP contribution in [-0.2, 0) is 24.4 Å². The molecular weight excluding hydrogens is 491 g/mol. The van der Waals surface area contributed by atoms with Gasteiger partial charge in [-0.05, 0) is 49.2 Å². The number of alkyl halides is 3. The maximum atomic E-state index is 13.0. The van der Waals surface area contributed by atoms with Crippen LogP contribution in [0.4, 0.5) is 24.7 Å². The van der Waals surface area contributed by atoms with Crippen molar-refractivity contribution in [2.45, 2.75) is 49.6 Å². The molecule has 35 heavy (non-hydrogen) atoms. The van der Waals surface area contributed by atoms with Gasteiger partial charge in [0.15, 0.2) is 0 Å². The summed E-state index contributed by atoms with van der Waals surface area (Å²) in [5.74, 6) is -2.91. The van der Waals surface area contributed by atoms with E-state index in [1.807, 2.05) is 0 Å². The standard InChI is InChI=1S/C20H21N3O4S.C2HF3O2/c24-18-14-20(11-3-1-4-12-20)19(25)23(18)15-7-9-16(10-8-15)28(26,27)22-17-6-2-5-13-21-17;3-2(4,5)1(6)7/h2,5-10,13H,1,3-4,11-12,14H2,(H,21,22);(H,6,7). The fraction of sp³-hybridized carbons (Fsp3) is 0.364. The second kappa shape index (κ2) is 10.0. The Morgan fingerprint density at radius 1 is 1.03 bits per heavy atom. The number of rotatable bonds is 4. The largest absolute Gasteiger partial charge is 0.490 e. The average Bonchev–Trinajstić information content (AvgIpc) is 3.03. The van der Waals surface area contributed by atoms with E-state index in [9.17, 15) is 31.2 Å². The molecule has 13 heteroatoms. The Balaban J connectivity index is 0.000000429. The van der Waals surface area contributed by atoms with Gasteiger partial charge in [-0.3, -0.25) is 19.2 Å². The van der Waals surface area contributed by atoms with Crippen molar-refractivity contribution in [2.24, 2.45) is 5.41 Å². The molecule has 2 N–H and O–H groups in total. The number of anilines is 2. The van der Waals surface area contributed by atoms with E-state index in [0.717, 1.165) is 32.1 Å². The number of aliphatic carboxylic acids is 1.